The molecule has 1 saturated carbocycles. The van der Waals surface area contributed by atoms with Gasteiger partial charge in [0.2, 0.25) is 0 Å². The van der Waals surface area contributed by atoms with Crippen LogP contribution < -0.4 is 0 Å². The van der Waals surface area contributed by atoms with Gasteiger partial charge in [-0.05, 0) is 52.5 Å². The van der Waals surface area contributed by atoms with Crippen LogP contribution in [0, 0.1) is 5.92 Å². The molecule has 0 aliphatic heterocycles. The first-order chi connectivity index (χ1) is 13.0. The van der Waals surface area contributed by atoms with Crippen molar-refractivity contribution < 1.29 is 23.7 Å². The standard InChI is InChI=1S/C22H38O5/c1-6-24-18(4)26-15-13-11-9-8-10-12-14-20-17(3)21(23)16-22(20)27-19(5)25-7-2/h12,14,18-20,22H,3,6-11,13,15-16H2,1-2,4-5H3/t18?,19?,20-,22+/m0/s1. The highest BCUT2D eigenvalue weighted by Gasteiger charge is 2.36. The van der Waals surface area contributed by atoms with Gasteiger partial charge in [0.25, 0.3) is 0 Å². The van der Waals surface area contributed by atoms with Crippen LogP contribution >= 0.6 is 0 Å². The van der Waals surface area contributed by atoms with Crippen molar-refractivity contribution in [1.29, 1.82) is 0 Å². The van der Waals surface area contributed by atoms with Gasteiger partial charge in [-0.15, -0.1) is 0 Å². The van der Waals surface area contributed by atoms with Crippen LogP contribution in [0.25, 0.3) is 0 Å². The van der Waals surface area contributed by atoms with Crippen molar-refractivity contribution in [2.75, 3.05) is 19.8 Å². The van der Waals surface area contributed by atoms with Crippen LogP contribution in [0.1, 0.15) is 66.2 Å². The Bertz CT molecular complexity index is 460. The van der Waals surface area contributed by atoms with Gasteiger partial charge in [-0.3, -0.25) is 4.79 Å². The Balaban J connectivity index is 2.22. The lowest BCUT2D eigenvalue weighted by Gasteiger charge is -2.21. The summed E-state index contributed by atoms with van der Waals surface area (Å²) in [7, 11) is 0. The highest BCUT2D eigenvalue weighted by Crippen LogP contribution is 2.32. The van der Waals surface area contributed by atoms with Crippen LogP contribution in [0.5, 0.6) is 0 Å². The average molecular weight is 383 g/mol. The van der Waals surface area contributed by atoms with E-state index in [1.165, 1.54) is 6.42 Å². The monoisotopic (exact) mass is 382 g/mol. The zero-order valence-electron chi connectivity index (χ0n) is 17.6. The first-order valence-electron chi connectivity index (χ1n) is 10.4. The third-order valence-corrected chi connectivity index (χ3v) is 4.68. The molecule has 0 amide bonds. The molecule has 4 atom stereocenters. The molecule has 1 rings (SSSR count). The first kappa shape index (κ1) is 24.0. The minimum Gasteiger partial charge on any atom is -0.353 e. The molecule has 1 fully saturated rings. The summed E-state index contributed by atoms with van der Waals surface area (Å²) in [5.41, 5.74) is 0.653. The van der Waals surface area contributed by atoms with Crippen LogP contribution in [0.3, 0.4) is 0 Å². The Morgan fingerprint density at radius 1 is 1.04 bits per heavy atom. The molecule has 5 nitrogen and oxygen atoms in total. The number of ether oxygens (including phenoxy) is 4. The largest absolute Gasteiger partial charge is 0.353 e. The summed E-state index contributed by atoms with van der Waals surface area (Å²) in [5, 5.41) is 0. The van der Waals surface area contributed by atoms with Crippen LogP contribution in [-0.4, -0.2) is 44.3 Å². The smallest absolute Gasteiger partial charge is 0.161 e. The van der Waals surface area contributed by atoms with Gasteiger partial charge in [0.1, 0.15) is 0 Å². The van der Waals surface area contributed by atoms with Crippen molar-refractivity contribution >= 4 is 5.78 Å². The number of unbranched alkanes of at least 4 members (excludes halogenated alkanes) is 4. The zero-order valence-corrected chi connectivity index (χ0v) is 17.6. The number of rotatable bonds is 15. The molecule has 5 heteroatoms. The van der Waals surface area contributed by atoms with Crippen molar-refractivity contribution in [2.24, 2.45) is 5.92 Å². The number of hydrogen-bond acceptors (Lipinski definition) is 5. The molecule has 0 radical (unpaired) electrons. The highest BCUT2D eigenvalue weighted by molar-refractivity contribution is 5.98. The summed E-state index contributed by atoms with van der Waals surface area (Å²) in [6, 6.07) is 0. The Labute approximate surface area is 165 Å². The Morgan fingerprint density at radius 3 is 2.41 bits per heavy atom. The quantitative estimate of drug-likeness (QED) is 0.176. The summed E-state index contributed by atoms with van der Waals surface area (Å²) in [6.07, 6.45) is 9.57. The van der Waals surface area contributed by atoms with E-state index in [1.807, 2.05) is 27.7 Å². The average Bonchev–Trinajstić information content (AvgIpc) is 2.87. The van der Waals surface area contributed by atoms with Gasteiger partial charge in [0.15, 0.2) is 18.4 Å². The van der Waals surface area contributed by atoms with E-state index < -0.39 is 0 Å². The number of hydrogen-bond donors (Lipinski definition) is 0. The summed E-state index contributed by atoms with van der Waals surface area (Å²) < 4.78 is 22.2. The van der Waals surface area contributed by atoms with E-state index in [9.17, 15) is 4.79 Å². The molecule has 0 N–H and O–H groups in total. The van der Waals surface area contributed by atoms with Crippen LogP contribution in [0.4, 0.5) is 0 Å². The van der Waals surface area contributed by atoms with E-state index in [0.717, 1.165) is 32.3 Å². The summed E-state index contributed by atoms with van der Waals surface area (Å²) >= 11 is 0. The van der Waals surface area contributed by atoms with Crippen molar-refractivity contribution in [1.82, 2.24) is 0 Å². The summed E-state index contributed by atoms with van der Waals surface area (Å²) in [6.45, 7) is 13.7. The van der Waals surface area contributed by atoms with Crippen molar-refractivity contribution in [3.8, 4) is 0 Å². The molecule has 0 aromatic carbocycles. The van der Waals surface area contributed by atoms with Gasteiger partial charge >= 0.3 is 0 Å². The third kappa shape index (κ3) is 9.65. The molecular formula is C22H38O5. The van der Waals surface area contributed by atoms with E-state index >= 15 is 0 Å². The fourth-order valence-corrected chi connectivity index (χ4v) is 3.24. The first-order valence-corrected chi connectivity index (χ1v) is 10.4. The maximum Gasteiger partial charge on any atom is 0.161 e. The molecule has 0 heterocycles. The van der Waals surface area contributed by atoms with Gasteiger partial charge in [0.05, 0.1) is 6.10 Å². The second kappa shape index (κ2) is 14.1. The minimum atomic E-state index is -0.303. The van der Waals surface area contributed by atoms with Crippen molar-refractivity contribution in [2.45, 2.75) is 84.9 Å². The van der Waals surface area contributed by atoms with E-state index in [1.54, 1.807) is 0 Å². The molecule has 0 aromatic rings. The lowest BCUT2D eigenvalue weighted by atomic mass is 10.0. The predicted octanol–water partition coefficient (Wildman–Crippen LogP) is 4.81. The second-order valence-electron chi connectivity index (χ2n) is 6.90. The number of carbonyl (C=O) groups is 1. The van der Waals surface area contributed by atoms with Gasteiger partial charge in [-0.2, -0.15) is 0 Å². The predicted molar refractivity (Wildman–Crippen MR) is 107 cm³/mol. The van der Waals surface area contributed by atoms with Crippen LogP contribution in [-0.2, 0) is 23.7 Å². The fraction of sp³-hybridized carbons (Fsp3) is 0.773. The normalized spacial score (nSPS) is 22.7. The molecular weight excluding hydrogens is 344 g/mol. The van der Waals surface area contributed by atoms with E-state index in [0.29, 0.717) is 25.2 Å². The fourth-order valence-electron chi connectivity index (χ4n) is 3.24. The summed E-state index contributed by atoms with van der Waals surface area (Å²) in [4.78, 5) is 12.0. The Morgan fingerprint density at radius 2 is 1.70 bits per heavy atom. The Kier molecular flexibility index (Phi) is 12.5. The SMILES string of the molecule is C=C1C(=O)C[C@@H](OC(C)OCC)[C@H]1C=CCCCCCCOC(C)OCC. The molecule has 0 spiro atoms. The lowest BCUT2D eigenvalue weighted by Crippen LogP contribution is -2.25. The van der Waals surface area contributed by atoms with Crippen LogP contribution in [0.2, 0.25) is 0 Å². The zero-order chi connectivity index (χ0) is 20.1. The topological polar surface area (TPSA) is 54.0 Å². The molecule has 2 unspecified atom stereocenters. The Hall–Kier alpha value is -1.01. The van der Waals surface area contributed by atoms with Crippen molar-refractivity contribution in [3.05, 3.63) is 24.3 Å². The number of ketones is 1. The van der Waals surface area contributed by atoms with E-state index in [2.05, 4.69) is 18.7 Å². The number of allylic oxidation sites excluding steroid dienone is 1. The highest BCUT2D eigenvalue weighted by atomic mass is 16.7. The molecule has 27 heavy (non-hydrogen) atoms. The maximum atomic E-state index is 12.0. The molecule has 1 aliphatic carbocycles. The third-order valence-electron chi connectivity index (χ3n) is 4.68. The van der Waals surface area contributed by atoms with Gasteiger partial charge < -0.3 is 18.9 Å². The number of carbonyl (C=O) groups excluding carboxylic acids is 1. The lowest BCUT2D eigenvalue weighted by molar-refractivity contribution is -0.161. The molecule has 0 aromatic heterocycles. The summed E-state index contributed by atoms with van der Waals surface area (Å²) in [5.74, 6) is 0.0634. The molecule has 0 saturated heterocycles. The molecule has 0 bridgehead atoms. The number of Topliss-reactive ketones (excluding diaryl/α,β-unsaturated/α-hetero) is 1. The van der Waals surface area contributed by atoms with Crippen LogP contribution in [0.15, 0.2) is 24.3 Å². The van der Waals surface area contributed by atoms with Gasteiger partial charge in [-0.1, -0.05) is 31.6 Å². The molecule has 1 aliphatic rings. The van der Waals surface area contributed by atoms with Gasteiger partial charge in [0, 0.05) is 32.2 Å². The van der Waals surface area contributed by atoms with E-state index in [-0.39, 0.29) is 30.4 Å². The second-order valence-corrected chi connectivity index (χ2v) is 6.90. The minimum absolute atomic E-state index is 0.0335. The van der Waals surface area contributed by atoms with E-state index in [4.69, 9.17) is 18.9 Å². The maximum absolute atomic E-state index is 12.0. The van der Waals surface area contributed by atoms with Gasteiger partial charge in [-0.25, -0.2) is 0 Å². The van der Waals surface area contributed by atoms with Crippen molar-refractivity contribution in [3.63, 3.8) is 0 Å². The molecule has 156 valence electrons.